The van der Waals surface area contributed by atoms with Crippen LogP contribution in [0.5, 0.6) is 0 Å². The van der Waals surface area contributed by atoms with E-state index in [1.165, 1.54) is 0 Å². The number of rotatable bonds is 3. The Hall–Kier alpha value is -0.390. The SMILES string of the molecule is OCCC1CCN(c2nc(Cl)ncc2Br)C1. The van der Waals surface area contributed by atoms with Crippen molar-refractivity contribution in [1.29, 1.82) is 0 Å². The van der Waals surface area contributed by atoms with Gasteiger partial charge in [-0.1, -0.05) is 0 Å². The minimum atomic E-state index is 0.254. The van der Waals surface area contributed by atoms with Gasteiger partial charge >= 0.3 is 0 Å². The van der Waals surface area contributed by atoms with E-state index in [0.717, 1.165) is 36.2 Å². The van der Waals surface area contributed by atoms with Crippen molar-refractivity contribution >= 4 is 33.3 Å². The molecule has 1 saturated heterocycles. The molecule has 0 aromatic carbocycles. The van der Waals surface area contributed by atoms with Gasteiger partial charge in [0.05, 0.1) is 4.47 Å². The molecule has 1 unspecified atom stereocenters. The van der Waals surface area contributed by atoms with Crippen LogP contribution < -0.4 is 4.90 Å². The lowest BCUT2D eigenvalue weighted by Gasteiger charge is -2.18. The third-order valence-electron chi connectivity index (χ3n) is 2.82. The van der Waals surface area contributed by atoms with Crippen LogP contribution in [0.2, 0.25) is 5.28 Å². The second kappa shape index (κ2) is 5.29. The Morgan fingerprint density at radius 1 is 1.62 bits per heavy atom. The van der Waals surface area contributed by atoms with Crippen LogP contribution in [0.15, 0.2) is 10.7 Å². The second-order valence-corrected chi connectivity index (χ2v) is 5.12. The largest absolute Gasteiger partial charge is 0.396 e. The standard InChI is InChI=1S/C10H13BrClN3O/c11-8-5-13-10(12)14-9(8)15-3-1-7(6-15)2-4-16/h5,7,16H,1-4,6H2. The van der Waals surface area contributed by atoms with Gasteiger partial charge in [-0.25, -0.2) is 4.98 Å². The molecular weight excluding hydrogens is 293 g/mol. The zero-order valence-corrected chi connectivity index (χ0v) is 11.1. The van der Waals surface area contributed by atoms with Crippen LogP contribution in [0, 0.1) is 5.92 Å². The smallest absolute Gasteiger partial charge is 0.224 e. The molecule has 1 atom stereocenters. The summed E-state index contributed by atoms with van der Waals surface area (Å²) in [5.74, 6) is 1.39. The molecule has 1 aromatic rings. The zero-order chi connectivity index (χ0) is 11.5. The van der Waals surface area contributed by atoms with Crippen LogP contribution in [-0.4, -0.2) is 34.8 Å². The van der Waals surface area contributed by atoms with Crippen LogP contribution in [0.4, 0.5) is 5.82 Å². The predicted molar refractivity (Wildman–Crippen MR) is 66.8 cm³/mol. The first kappa shape index (κ1) is 12.1. The van der Waals surface area contributed by atoms with Gasteiger partial charge < -0.3 is 10.0 Å². The Labute approximate surface area is 108 Å². The molecule has 1 aromatic heterocycles. The van der Waals surface area contributed by atoms with Crippen molar-refractivity contribution in [2.24, 2.45) is 5.92 Å². The highest BCUT2D eigenvalue weighted by molar-refractivity contribution is 9.10. The van der Waals surface area contributed by atoms with Crippen molar-refractivity contribution < 1.29 is 5.11 Å². The summed E-state index contributed by atoms with van der Waals surface area (Å²) in [5.41, 5.74) is 0. The molecule has 0 aliphatic carbocycles. The monoisotopic (exact) mass is 305 g/mol. The van der Waals surface area contributed by atoms with E-state index in [9.17, 15) is 0 Å². The maximum absolute atomic E-state index is 8.91. The first-order chi connectivity index (χ1) is 7.70. The molecule has 4 nitrogen and oxygen atoms in total. The van der Waals surface area contributed by atoms with Gasteiger partial charge in [0.25, 0.3) is 0 Å². The molecule has 2 heterocycles. The number of halogens is 2. The lowest BCUT2D eigenvalue weighted by molar-refractivity contribution is 0.263. The van der Waals surface area contributed by atoms with E-state index in [4.69, 9.17) is 16.7 Å². The summed E-state index contributed by atoms with van der Waals surface area (Å²) in [6, 6.07) is 0. The maximum Gasteiger partial charge on any atom is 0.224 e. The Morgan fingerprint density at radius 2 is 2.44 bits per heavy atom. The molecule has 0 bridgehead atoms. The first-order valence-electron chi connectivity index (χ1n) is 5.24. The van der Waals surface area contributed by atoms with Gasteiger partial charge in [-0.15, -0.1) is 0 Å². The summed E-state index contributed by atoms with van der Waals surface area (Å²) in [6.45, 7) is 2.13. The number of anilines is 1. The van der Waals surface area contributed by atoms with Crippen LogP contribution in [0.3, 0.4) is 0 Å². The lowest BCUT2D eigenvalue weighted by Crippen LogP contribution is -2.21. The summed E-state index contributed by atoms with van der Waals surface area (Å²) in [4.78, 5) is 10.3. The van der Waals surface area contributed by atoms with Crippen molar-refractivity contribution in [3.05, 3.63) is 16.0 Å². The summed E-state index contributed by atoms with van der Waals surface area (Å²) >= 11 is 9.21. The highest BCUT2D eigenvalue weighted by Gasteiger charge is 2.24. The van der Waals surface area contributed by atoms with Crippen LogP contribution in [-0.2, 0) is 0 Å². The quantitative estimate of drug-likeness (QED) is 0.869. The summed E-state index contributed by atoms with van der Waals surface area (Å²) < 4.78 is 0.863. The van der Waals surface area contributed by atoms with Gasteiger partial charge in [-0.3, -0.25) is 0 Å². The number of nitrogens with zero attached hydrogens (tertiary/aromatic N) is 3. The van der Waals surface area contributed by atoms with E-state index in [0.29, 0.717) is 5.92 Å². The molecule has 0 saturated carbocycles. The Balaban J connectivity index is 2.11. The highest BCUT2D eigenvalue weighted by atomic mass is 79.9. The average Bonchev–Trinajstić information content (AvgIpc) is 2.71. The first-order valence-corrected chi connectivity index (χ1v) is 6.41. The van der Waals surface area contributed by atoms with E-state index in [-0.39, 0.29) is 11.9 Å². The van der Waals surface area contributed by atoms with E-state index in [1.54, 1.807) is 6.20 Å². The molecule has 16 heavy (non-hydrogen) atoms. The van der Waals surface area contributed by atoms with E-state index in [1.807, 2.05) is 0 Å². The number of hydrogen-bond acceptors (Lipinski definition) is 4. The Kier molecular flexibility index (Phi) is 4.00. The van der Waals surface area contributed by atoms with Gasteiger partial charge in [0.15, 0.2) is 0 Å². The van der Waals surface area contributed by atoms with Crippen molar-refractivity contribution in [3.8, 4) is 0 Å². The molecule has 0 amide bonds. The van der Waals surface area contributed by atoms with Crippen LogP contribution in [0.25, 0.3) is 0 Å². The van der Waals surface area contributed by atoms with Gasteiger partial charge in [-0.2, -0.15) is 4.98 Å². The summed E-state index contributed by atoms with van der Waals surface area (Å²) in [6.07, 6.45) is 3.62. The summed E-state index contributed by atoms with van der Waals surface area (Å²) in [5, 5.41) is 9.18. The van der Waals surface area contributed by atoms with E-state index >= 15 is 0 Å². The third-order valence-corrected chi connectivity index (χ3v) is 3.56. The molecule has 1 fully saturated rings. The maximum atomic E-state index is 8.91. The molecule has 2 rings (SSSR count). The van der Waals surface area contributed by atoms with E-state index in [2.05, 4.69) is 30.8 Å². The number of aliphatic hydroxyl groups is 1. The van der Waals surface area contributed by atoms with Crippen molar-refractivity contribution in [1.82, 2.24) is 9.97 Å². The van der Waals surface area contributed by atoms with Gasteiger partial charge in [0.2, 0.25) is 5.28 Å². The normalized spacial score (nSPS) is 20.4. The van der Waals surface area contributed by atoms with Crippen LogP contribution in [0.1, 0.15) is 12.8 Å². The molecule has 6 heteroatoms. The Morgan fingerprint density at radius 3 is 3.19 bits per heavy atom. The second-order valence-electron chi connectivity index (χ2n) is 3.92. The zero-order valence-electron chi connectivity index (χ0n) is 8.74. The van der Waals surface area contributed by atoms with Gasteiger partial charge in [0, 0.05) is 25.9 Å². The molecular formula is C10H13BrClN3O. The van der Waals surface area contributed by atoms with Crippen molar-refractivity contribution in [2.45, 2.75) is 12.8 Å². The molecule has 1 aliphatic heterocycles. The van der Waals surface area contributed by atoms with Gasteiger partial charge in [-0.05, 0) is 46.3 Å². The third kappa shape index (κ3) is 2.64. The molecule has 1 aliphatic rings. The fourth-order valence-corrected chi connectivity index (χ4v) is 2.57. The topological polar surface area (TPSA) is 49.2 Å². The highest BCUT2D eigenvalue weighted by Crippen LogP contribution is 2.30. The minimum Gasteiger partial charge on any atom is -0.396 e. The van der Waals surface area contributed by atoms with Crippen molar-refractivity contribution in [2.75, 3.05) is 24.6 Å². The fourth-order valence-electron chi connectivity index (χ4n) is 2.00. The van der Waals surface area contributed by atoms with Crippen molar-refractivity contribution in [3.63, 3.8) is 0 Å². The minimum absolute atomic E-state index is 0.254. The molecule has 0 radical (unpaired) electrons. The number of aromatic nitrogens is 2. The predicted octanol–water partition coefficient (Wildman–Crippen LogP) is 2.10. The Bertz CT molecular complexity index is 377. The number of hydrogen-bond donors (Lipinski definition) is 1. The molecule has 0 spiro atoms. The average molecular weight is 307 g/mol. The number of aliphatic hydroxyl groups excluding tert-OH is 1. The van der Waals surface area contributed by atoms with Crippen LogP contribution >= 0.6 is 27.5 Å². The van der Waals surface area contributed by atoms with E-state index < -0.39 is 0 Å². The van der Waals surface area contributed by atoms with Gasteiger partial charge in [0.1, 0.15) is 5.82 Å². The fraction of sp³-hybridized carbons (Fsp3) is 0.600. The summed E-state index contributed by atoms with van der Waals surface area (Å²) in [7, 11) is 0. The molecule has 1 N–H and O–H groups in total. The lowest BCUT2D eigenvalue weighted by atomic mass is 10.1. The molecule has 88 valence electrons.